The number of hydrogen-bond donors (Lipinski definition) is 2. The number of rotatable bonds is 4. The molecule has 1 saturated heterocycles. The van der Waals surface area contributed by atoms with Gasteiger partial charge in [0.25, 0.3) is 0 Å². The molecule has 1 aromatic rings. The van der Waals surface area contributed by atoms with E-state index >= 15 is 0 Å². The molecule has 140 valence electrons. The molecule has 1 aliphatic carbocycles. The maximum absolute atomic E-state index is 6.18. The van der Waals surface area contributed by atoms with Crippen LogP contribution in [-0.2, 0) is 9.47 Å². The summed E-state index contributed by atoms with van der Waals surface area (Å²) >= 11 is 0. The predicted octanol–water partition coefficient (Wildman–Crippen LogP) is 3.62. The van der Waals surface area contributed by atoms with Gasteiger partial charge in [0.15, 0.2) is 5.96 Å². The van der Waals surface area contributed by atoms with Gasteiger partial charge in [-0.3, -0.25) is 0 Å². The first-order chi connectivity index (χ1) is 11.5. The quantitative estimate of drug-likeness (QED) is 0.410. The van der Waals surface area contributed by atoms with Crippen molar-refractivity contribution in [3.8, 4) is 0 Å². The Hall–Kier alpha value is -0.860. The number of anilines is 1. The molecule has 2 fully saturated rings. The molecule has 0 aromatic heterocycles. The van der Waals surface area contributed by atoms with Crippen molar-refractivity contribution in [2.75, 3.05) is 25.1 Å². The number of hydrogen-bond acceptors (Lipinski definition) is 3. The lowest BCUT2D eigenvalue weighted by molar-refractivity contribution is -0.163. The van der Waals surface area contributed by atoms with Gasteiger partial charge in [0.1, 0.15) is 0 Å². The topological polar surface area (TPSA) is 68.9 Å². The van der Waals surface area contributed by atoms with Gasteiger partial charge in [-0.2, -0.15) is 0 Å². The van der Waals surface area contributed by atoms with E-state index in [4.69, 9.17) is 20.2 Å². The monoisotopic (exact) mass is 459 g/mol. The third-order valence-corrected chi connectivity index (χ3v) is 5.61. The molecule has 2 unspecified atom stereocenters. The van der Waals surface area contributed by atoms with Crippen LogP contribution in [-0.4, -0.2) is 37.9 Å². The molecule has 1 heterocycles. The summed E-state index contributed by atoms with van der Waals surface area (Å²) in [6.45, 7) is 8.59. The third kappa shape index (κ3) is 4.28. The first-order valence-electron chi connectivity index (χ1n) is 8.92. The van der Waals surface area contributed by atoms with Crippen LogP contribution >= 0.6 is 24.0 Å². The number of nitrogens with zero attached hydrogens (tertiary/aromatic N) is 1. The first kappa shape index (κ1) is 20.5. The lowest BCUT2D eigenvalue weighted by Crippen LogP contribution is -2.60. The molecule has 1 aromatic carbocycles. The van der Waals surface area contributed by atoms with E-state index in [0.717, 1.165) is 44.8 Å². The number of aryl methyl sites for hydroxylation is 2. The van der Waals surface area contributed by atoms with Crippen LogP contribution in [0.3, 0.4) is 0 Å². The number of guanidine groups is 1. The molecular weight excluding hydrogens is 429 g/mol. The van der Waals surface area contributed by atoms with Crippen LogP contribution in [0.1, 0.15) is 37.3 Å². The normalized spacial score (nSPS) is 25.2. The molecule has 1 spiro atoms. The van der Waals surface area contributed by atoms with Crippen molar-refractivity contribution in [3.63, 3.8) is 0 Å². The maximum atomic E-state index is 6.18. The molecule has 0 amide bonds. The number of nitrogens with one attached hydrogen (secondary N) is 1. The smallest absolute Gasteiger partial charge is 0.193 e. The third-order valence-electron chi connectivity index (χ3n) is 5.61. The van der Waals surface area contributed by atoms with Gasteiger partial charge >= 0.3 is 0 Å². The molecule has 0 bridgehead atoms. The molecular formula is C19H30IN3O2. The van der Waals surface area contributed by atoms with E-state index in [1.165, 1.54) is 11.1 Å². The summed E-state index contributed by atoms with van der Waals surface area (Å²) in [7, 11) is 0. The van der Waals surface area contributed by atoms with Crippen molar-refractivity contribution >= 4 is 35.6 Å². The minimum atomic E-state index is 0. The number of benzene rings is 1. The summed E-state index contributed by atoms with van der Waals surface area (Å²) in [5.41, 5.74) is 9.79. The minimum absolute atomic E-state index is 0. The number of ether oxygens (including phenoxy) is 2. The maximum Gasteiger partial charge on any atom is 0.193 e. The fourth-order valence-corrected chi connectivity index (χ4v) is 3.92. The van der Waals surface area contributed by atoms with Gasteiger partial charge in [0, 0.05) is 30.9 Å². The van der Waals surface area contributed by atoms with Crippen molar-refractivity contribution in [1.29, 1.82) is 0 Å². The van der Waals surface area contributed by atoms with Crippen molar-refractivity contribution in [3.05, 3.63) is 29.3 Å². The largest absolute Gasteiger partial charge is 0.381 e. The van der Waals surface area contributed by atoms with Gasteiger partial charge in [-0.05, 0) is 63.3 Å². The highest BCUT2D eigenvalue weighted by Gasteiger charge is 2.56. The van der Waals surface area contributed by atoms with Gasteiger partial charge in [-0.1, -0.05) is 6.07 Å². The van der Waals surface area contributed by atoms with Crippen molar-refractivity contribution in [1.82, 2.24) is 0 Å². The Kier molecular flexibility index (Phi) is 7.10. The lowest BCUT2D eigenvalue weighted by Gasteiger charge is -2.55. The van der Waals surface area contributed by atoms with Crippen molar-refractivity contribution in [2.24, 2.45) is 16.1 Å². The van der Waals surface area contributed by atoms with Crippen LogP contribution in [0.2, 0.25) is 0 Å². The van der Waals surface area contributed by atoms with E-state index in [9.17, 15) is 0 Å². The molecule has 5 nitrogen and oxygen atoms in total. The van der Waals surface area contributed by atoms with Crippen molar-refractivity contribution < 1.29 is 9.47 Å². The van der Waals surface area contributed by atoms with E-state index in [1.54, 1.807) is 0 Å². The van der Waals surface area contributed by atoms with E-state index in [1.807, 2.05) is 6.07 Å². The van der Waals surface area contributed by atoms with Crippen molar-refractivity contribution in [2.45, 2.75) is 52.2 Å². The molecule has 3 N–H and O–H groups in total. The highest BCUT2D eigenvalue weighted by atomic mass is 127. The first-order valence-corrected chi connectivity index (χ1v) is 8.92. The SMILES string of the molecule is CCOC1CC(N=C(N)Nc2ccc(C)c(C)c2)C12CCOCC2.I. The Bertz CT molecular complexity index is 615. The summed E-state index contributed by atoms with van der Waals surface area (Å²) in [6, 6.07) is 6.46. The van der Waals surface area contributed by atoms with E-state index < -0.39 is 0 Å². The molecule has 25 heavy (non-hydrogen) atoms. The van der Waals surface area contributed by atoms with Crippen LogP contribution in [0.15, 0.2) is 23.2 Å². The average molecular weight is 459 g/mol. The number of nitrogens with two attached hydrogens (primary N) is 1. The fraction of sp³-hybridized carbons (Fsp3) is 0.632. The molecule has 1 saturated carbocycles. The zero-order valence-corrected chi connectivity index (χ0v) is 17.7. The Morgan fingerprint density at radius 3 is 2.68 bits per heavy atom. The van der Waals surface area contributed by atoms with Crippen LogP contribution < -0.4 is 11.1 Å². The van der Waals surface area contributed by atoms with Gasteiger partial charge in [0.2, 0.25) is 0 Å². The fourth-order valence-electron chi connectivity index (χ4n) is 3.92. The van der Waals surface area contributed by atoms with Gasteiger partial charge < -0.3 is 20.5 Å². The molecule has 6 heteroatoms. The number of aliphatic imine (C=N–C) groups is 1. The van der Waals surface area contributed by atoms with Gasteiger partial charge in [-0.25, -0.2) is 4.99 Å². The predicted molar refractivity (Wildman–Crippen MR) is 113 cm³/mol. The molecule has 2 atom stereocenters. The average Bonchev–Trinajstić information content (AvgIpc) is 2.58. The standard InChI is InChI=1S/C19H29N3O2.HI/c1-4-24-17-12-16(19(17)7-9-23-10-8-19)22-18(20)21-15-6-5-13(2)14(3)11-15;/h5-6,11,16-17H,4,7-10,12H2,1-3H3,(H3,20,21,22);1H. The van der Waals surface area contributed by atoms with E-state index in [0.29, 0.717) is 5.96 Å². The minimum Gasteiger partial charge on any atom is -0.381 e. The lowest BCUT2D eigenvalue weighted by atomic mass is 9.58. The van der Waals surface area contributed by atoms with E-state index in [-0.39, 0.29) is 41.5 Å². The zero-order valence-electron chi connectivity index (χ0n) is 15.4. The molecule has 0 radical (unpaired) electrons. The zero-order chi connectivity index (χ0) is 17.2. The van der Waals surface area contributed by atoms with Crippen LogP contribution in [0, 0.1) is 19.3 Å². The van der Waals surface area contributed by atoms with Gasteiger partial charge in [0.05, 0.1) is 12.1 Å². The molecule has 1 aliphatic heterocycles. The second kappa shape index (κ2) is 8.68. The summed E-state index contributed by atoms with van der Waals surface area (Å²) in [5.74, 6) is 0.490. The number of halogens is 1. The second-order valence-corrected chi connectivity index (χ2v) is 6.98. The summed E-state index contributed by atoms with van der Waals surface area (Å²) in [5, 5.41) is 3.23. The Morgan fingerprint density at radius 2 is 2.04 bits per heavy atom. The highest BCUT2D eigenvalue weighted by Crippen LogP contribution is 2.52. The Labute approximate surface area is 167 Å². The Balaban J connectivity index is 0.00000225. The Morgan fingerprint density at radius 1 is 1.32 bits per heavy atom. The van der Waals surface area contributed by atoms with Crippen LogP contribution in [0.25, 0.3) is 0 Å². The second-order valence-electron chi connectivity index (χ2n) is 6.98. The van der Waals surface area contributed by atoms with Crippen LogP contribution in [0.4, 0.5) is 5.69 Å². The molecule has 3 rings (SSSR count). The summed E-state index contributed by atoms with van der Waals surface area (Å²) in [6.07, 6.45) is 3.24. The van der Waals surface area contributed by atoms with Gasteiger partial charge in [-0.15, -0.1) is 24.0 Å². The summed E-state index contributed by atoms with van der Waals surface area (Å²) < 4.78 is 11.5. The molecule has 2 aliphatic rings. The van der Waals surface area contributed by atoms with E-state index in [2.05, 4.69) is 38.2 Å². The summed E-state index contributed by atoms with van der Waals surface area (Å²) in [4.78, 5) is 4.79. The van der Waals surface area contributed by atoms with Crippen LogP contribution in [0.5, 0.6) is 0 Å². The highest BCUT2D eigenvalue weighted by molar-refractivity contribution is 14.0.